The molecule has 1 aliphatic rings. The third-order valence-corrected chi connectivity index (χ3v) is 14.8. The summed E-state index contributed by atoms with van der Waals surface area (Å²) in [5.74, 6) is 1.81. The fraction of sp³-hybridized carbons (Fsp3) is 0.600. The largest absolute Gasteiger partial charge is 0.497 e. The first-order valence-corrected chi connectivity index (χ1v) is 17.4. The van der Waals surface area contributed by atoms with Gasteiger partial charge in [0.25, 0.3) is 0 Å². The molecule has 0 saturated carbocycles. The summed E-state index contributed by atoms with van der Waals surface area (Å²) in [6.45, 7) is 14.5. The number of nitrogens with zero attached hydrogens (tertiary/aromatic N) is 3. The summed E-state index contributed by atoms with van der Waals surface area (Å²) >= 11 is 1.42. The van der Waals surface area contributed by atoms with Crippen LogP contribution in [0, 0.1) is 0 Å². The first-order valence-electron chi connectivity index (χ1n) is 14.1. The Labute approximate surface area is 244 Å². The van der Waals surface area contributed by atoms with Crippen LogP contribution in [0.5, 0.6) is 11.5 Å². The molecule has 40 heavy (non-hydrogen) atoms. The summed E-state index contributed by atoms with van der Waals surface area (Å²) < 4.78 is 17.7. The maximum Gasteiger partial charge on any atom is 0.200 e. The van der Waals surface area contributed by atoms with E-state index in [-0.39, 0.29) is 24.4 Å². The highest BCUT2D eigenvalue weighted by atomic mass is 32.2. The number of carbonyl (C=O) groups is 2. The lowest BCUT2D eigenvalue weighted by atomic mass is 9.92. The Hall–Kier alpha value is -2.43. The summed E-state index contributed by atoms with van der Waals surface area (Å²) in [7, 11) is 1.11. The van der Waals surface area contributed by atoms with Crippen molar-refractivity contribution in [3.8, 4) is 11.5 Å². The Bertz CT molecular complexity index is 1170. The molecule has 1 aromatic heterocycles. The summed E-state index contributed by atoms with van der Waals surface area (Å²) in [5, 5.41) is 0.573. The van der Waals surface area contributed by atoms with Gasteiger partial charge in [-0.05, 0) is 40.9 Å². The van der Waals surface area contributed by atoms with Crippen molar-refractivity contribution in [1.82, 2.24) is 9.97 Å². The van der Waals surface area contributed by atoms with Gasteiger partial charge in [0.05, 0.1) is 32.4 Å². The van der Waals surface area contributed by atoms with Crippen molar-refractivity contribution in [1.29, 1.82) is 0 Å². The van der Waals surface area contributed by atoms with Gasteiger partial charge in [0.15, 0.2) is 25.0 Å². The highest BCUT2D eigenvalue weighted by molar-refractivity contribution is 7.98. The Morgan fingerprint density at radius 3 is 2.35 bits per heavy atom. The molecule has 1 aromatic carbocycles. The van der Waals surface area contributed by atoms with E-state index in [9.17, 15) is 9.59 Å². The number of carbonyl (C=O) groups excluding carboxylic acids is 2. The van der Waals surface area contributed by atoms with Crippen LogP contribution in [-0.4, -0.2) is 69.5 Å². The molecule has 0 N–H and O–H groups in total. The standard InChI is InChI=1S/C30H45N3O5SSi/c1-19(2)40(20(3)4,21(5)6)38-15-14-33-25(17-27(35)24-18-31-30(39-9)32-29(24)33)26(34)13-11-22-10-12-23(36-7)16-28(22)37-8/h10,12,16,18-21,25H,11,13-15,17H2,1-9H3. The van der Waals surface area contributed by atoms with Gasteiger partial charge in [0.1, 0.15) is 17.3 Å². The third kappa shape index (κ3) is 6.71. The van der Waals surface area contributed by atoms with Crippen LogP contribution in [0.2, 0.25) is 16.6 Å². The van der Waals surface area contributed by atoms with Gasteiger partial charge in [-0.15, -0.1) is 0 Å². The number of hydrogen-bond donors (Lipinski definition) is 0. The lowest BCUT2D eigenvalue weighted by Crippen LogP contribution is -2.52. The number of rotatable bonds is 14. The predicted molar refractivity (Wildman–Crippen MR) is 164 cm³/mol. The number of hydrogen-bond acceptors (Lipinski definition) is 9. The lowest BCUT2D eigenvalue weighted by Gasteiger charge is -2.43. The predicted octanol–water partition coefficient (Wildman–Crippen LogP) is 6.37. The Morgan fingerprint density at radius 1 is 1.10 bits per heavy atom. The van der Waals surface area contributed by atoms with Gasteiger partial charge in [-0.25, -0.2) is 9.97 Å². The molecule has 2 aromatic rings. The molecule has 0 radical (unpaired) electrons. The van der Waals surface area contributed by atoms with Crippen LogP contribution in [0.3, 0.4) is 0 Å². The second kappa shape index (κ2) is 14.0. The van der Waals surface area contributed by atoms with E-state index in [1.165, 1.54) is 11.8 Å². The number of Topliss-reactive ketones (excluding diaryl/α,β-unsaturated/α-hetero) is 2. The number of anilines is 1. The van der Waals surface area contributed by atoms with Crippen molar-refractivity contribution in [2.45, 2.75) is 88.6 Å². The maximum absolute atomic E-state index is 13.8. The smallest absolute Gasteiger partial charge is 0.200 e. The molecule has 0 spiro atoms. The zero-order chi connectivity index (χ0) is 29.6. The van der Waals surface area contributed by atoms with Crippen molar-refractivity contribution in [3.05, 3.63) is 35.5 Å². The van der Waals surface area contributed by atoms with E-state index in [4.69, 9.17) is 18.9 Å². The second-order valence-electron chi connectivity index (χ2n) is 11.2. The minimum absolute atomic E-state index is 0.00118. The normalized spacial score (nSPS) is 15.7. The first-order chi connectivity index (χ1) is 19.0. The minimum Gasteiger partial charge on any atom is -0.497 e. The number of thioether (sulfide) groups is 1. The summed E-state index contributed by atoms with van der Waals surface area (Å²) in [6.07, 6.45) is 4.38. The maximum atomic E-state index is 13.8. The van der Waals surface area contributed by atoms with E-state index in [0.717, 1.165) is 5.56 Å². The molecule has 0 saturated heterocycles. The molecule has 220 valence electrons. The SMILES string of the molecule is COc1ccc(CCC(=O)C2CC(=O)c3cnc(SC)nc3N2CCO[Si](C(C)C)(C(C)C)C(C)C)c(OC)c1. The van der Waals surface area contributed by atoms with Gasteiger partial charge in [-0.3, -0.25) is 9.59 Å². The number of ketones is 2. The van der Waals surface area contributed by atoms with E-state index < -0.39 is 14.4 Å². The van der Waals surface area contributed by atoms with Gasteiger partial charge in [0, 0.05) is 31.6 Å². The van der Waals surface area contributed by atoms with Crippen molar-refractivity contribution in [2.75, 3.05) is 38.5 Å². The number of aryl methyl sites for hydroxylation is 1. The fourth-order valence-electron chi connectivity index (χ4n) is 6.27. The molecule has 1 aliphatic heterocycles. The summed E-state index contributed by atoms with van der Waals surface area (Å²) in [4.78, 5) is 38.0. The molecule has 0 amide bonds. The van der Waals surface area contributed by atoms with Crippen LogP contribution in [-0.2, 0) is 15.6 Å². The summed E-state index contributed by atoms with van der Waals surface area (Å²) in [6, 6.07) is 5.00. The van der Waals surface area contributed by atoms with Crippen LogP contribution in [0.4, 0.5) is 5.82 Å². The van der Waals surface area contributed by atoms with Crippen molar-refractivity contribution in [3.63, 3.8) is 0 Å². The molecule has 8 nitrogen and oxygen atoms in total. The summed E-state index contributed by atoms with van der Waals surface area (Å²) in [5.41, 5.74) is 2.74. The van der Waals surface area contributed by atoms with Crippen LogP contribution in [0.1, 0.15) is 70.3 Å². The van der Waals surface area contributed by atoms with E-state index in [0.29, 0.717) is 64.2 Å². The Kier molecular flexibility index (Phi) is 11.2. The molecule has 3 rings (SSSR count). The van der Waals surface area contributed by atoms with Crippen molar-refractivity contribution >= 4 is 37.5 Å². The number of methoxy groups -OCH3 is 2. The number of ether oxygens (including phenoxy) is 2. The van der Waals surface area contributed by atoms with Crippen LogP contribution in [0.15, 0.2) is 29.6 Å². The zero-order valence-electron chi connectivity index (χ0n) is 25.4. The molecule has 2 heterocycles. The Morgan fingerprint density at radius 2 is 1.77 bits per heavy atom. The van der Waals surface area contributed by atoms with Gasteiger partial charge < -0.3 is 18.8 Å². The topological polar surface area (TPSA) is 90.9 Å². The molecule has 0 aliphatic carbocycles. The quantitative estimate of drug-likeness (QED) is 0.142. The van der Waals surface area contributed by atoms with Crippen LogP contribution >= 0.6 is 11.8 Å². The molecule has 1 atom stereocenters. The van der Waals surface area contributed by atoms with Gasteiger partial charge in [-0.1, -0.05) is 59.4 Å². The zero-order valence-corrected chi connectivity index (χ0v) is 27.3. The minimum atomic E-state index is -2.10. The molecular formula is C30H45N3O5SSi. The van der Waals surface area contributed by atoms with Gasteiger partial charge >= 0.3 is 0 Å². The number of aromatic nitrogens is 2. The number of fused-ring (bicyclic) bond motifs is 1. The Balaban J connectivity index is 1.89. The third-order valence-electron chi connectivity index (χ3n) is 8.15. The van der Waals surface area contributed by atoms with Gasteiger partial charge in [-0.2, -0.15) is 0 Å². The molecule has 0 bridgehead atoms. The van der Waals surface area contributed by atoms with Crippen LogP contribution in [0.25, 0.3) is 0 Å². The lowest BCUT2D eigenvalue weighted by molar-refractivity contribution is -0.120. The van der Waals surface area contributed by atoms with E-state index >= 15 is 0 Å². The highest BCUT2D eigenvalue weighted by Gasteiger charge is 2.45. The van der Waals surface area contributed by atoms with Crippen LogP contribution < -0.4 is 14.4 Å². The second-order valence-corrected chi connectivity index (χ2v) is 17.5. The molecule has 0 fully saturated rings. The van der Waals surface area contributed by atoms with E-state index in [1.807, 2.05) is 29.4 Å². The fourth-order valence-corrected chi connectivity index (χ4v) is 12.0. The van der Waals surface area contributed by atoms with E-state index in [1.54, 1.807) is 20.4 Å². The van der Waals surface area contributed by atoms with Gasteiger partial charge in [0.2, 0.25) is 0 Å². The monoisotopic (exact) mass is 587 g/mol. The van der Waals surface area contributed by atoms with Crippen molar-refractivity contribution in [2.24, 2.45) is 0 Å². The van der Waals surface area contributed by atoms with E-state index in [2.05, 4.69) is 46.5 Å². The highest BCUT2D eigenvalue weighted by Crippen LogP contribution is 2.42. The average Bonchev–Trinajstić information content (AvgIpc) is 2.93. The number of benzene rings is 1. The average molecular weight is 588 g/mol. The first kappa shape index (κ1) is 32.1. The molecule has 1 unspecified atom stereocenters. The molecular weight excluding hydrogens is 542 g/mol. The molecule has 10 heteroatoms. The van der Waals surface area contributed by atoms with Crippen molar-refractivity contribution < 1.29 is 23.5 Å².